The van der Waals surface area contributed by atoms with E-state index in [0.29, 0.717) is 44.0 Å². The van der Waals surface area contributed by atoms with Gasteiger partial charge in [0, 0.05) is 17.5 Å². The summed E-state index contributed by atoms with van der Waals surface area (Å²) in [7, 11) is 0. The quantitative estimate of drug-likeness (QED) is 0.617. The third kappa shape index (κ3) is 3.60. The maximum absolute atomic E-state index is 13.4. The molecule has 0 aliphatic heterocycles. The van der Waals surface area contributed by atoms with Crippen LogP contribution in [-0.4, -0.2) is 15.8 Å². The van der Waals surface area contributed by atoms with Crippen molar-refractivity contribution in [2.24, 2.45) is 0 Å². The van der Waals surface area contributed by atoms with Crippen molar-refractivity contribution in [1.29, 1.82) is 5.26 Å². The smallest absolute Gasteiger partial charge is 0.376 e. The summed E-state index contributed by atoms with van der Waals surface area (Å²) in [6, 6.07) is 2.89. The van der Waals surface area contributed by atoms with Crippen LogP contribution in [0.4, 0.5) is 26.3 Å². The summed E-state index contributed by atoms with van der Waals surface area (Å²) in [5.74, 6) is 0. The first-order valence-corrected chi connectivity index (χ1v) is 9.00. The van der Waals surface area contributed by atoms with Gasteiger partial charge in [0.2, 0.25) is 0 Å². The summed E-state index contributed by atoms with van der Waals surface area (Å²) >= 11 is 6.05. The van der Waals surface area contributed by atoms with Crippen LogP contribution in [0.5, 0.6) is 0 Å². The molecule has 0 amide bonds. The maximum Gasteiger partial charge on any atom is 0.421 e. The Balaban J connectivity index is 2.30. The molecule has 1 aliphatic rings. The predicted molar refractivity (Wildman–Crippen MR) is 92.8 cm³/mol. The van der Waals surface area contributed by atoms with Crippen LogP contribution < -0.4 is 0 Å². The Labute approximate surface area is 167 Å². The average Bonchev–Trinajstić information content (AvgIpc) is 2.99. The number of nitrogens with zero attached hydrogens (tertiary/aromatic N) is 2. The topological polar surface area (TPSA) is 49.0 Å². The van der Waals surface area contributed by atoms with Gasteiger partial charge in [0.15, 0.2) is 5.60 Å². The fourth-order valence-electron chi connectivity index (χ4n) is 3.59. The van der Waals surface area contributed by atoms with E-state index in [1.165, 1.54) is 4.57 Å². The Morgan fingerprint density at radius 2 is 1.72 bits per heavy atom. The maximum atomic E-state index is 13.4. The van der Waals surface area contributed by atoms with Gasteiger partial charge in [-0.1, -0.05) is 11.6 Å². The zero-order valence-corrected chi connectivity index (χ0v) is 15.8. The van der Waals surface area contributed by atoms with E-state index >= 15 is 0 Å². The second-order valence-electron chi connectivity index (χ2n) is 7.08. The number of hydrogen-bond donors (Lipinski definition) is 1. The molecule has 156 valence electrons. The lowest BCUT2D eigenvalue weighted by molar-refractivity contribution is -0.259. The molecule has 0 spiro atoms. The van der Waals surface area contributed by atoms with Gasteiger partial charge in [-0.15, -0.1) is 0 Å². The average molecular weight is 437 g/mol. The van der Waals surface area contributed by atoms with E-state index in [-0.39, 0.29) is 23.2 Å². The number of benzene rings is 1. The lowest BCUT2D eigenvalue weighted by atomic mass is 9.87. The normalized spacial score (nSPS) is 16.8. The minimum absolute atomic E-state index is 0.135. The highest BCUT2D eigenvalue weighted by molar-refractivity contribution is 6.32. The van der Waals surface area contributed by atoms with Gasteiger partial charge in [-0.3, -0.25) is 0 Å². The molecule has 0 radical (unpaired) electrons. The molecule has 10 heteroatoms. The van der Waals surface area contributed by atoms with E-state index in [9.17, 15) is 36.7 Å². The van der Waals surface area contributed by atoms with Crippen LogP contribution >= 0.6 is 11.6 Å². The highest BCUT2D eigenvalue weighted by atomic mass is 35.5. The molecule has 2 aromatic rings. The first kappa shape index (κ1) is 21.5. The second-order valence-corrected chi connectivity index (χ2v) is 7.49. The van der Waals surface area contributed by atoms with Gasteiger partial charge in [0.1, 0.15) is 6.07 Å². The van der Waals surface area contributed by atoms with Crippen LogP contribution in [0.15, 0.2) is 18.3 Å². The first-order valence-electron chi connectivity index (χ1n) is 8.63. The second kappa shape index (κ2) is 6.96. The van der Waals surface area contributed by atoms with Crippen LogP contribution in [0.1, 0.15) is 47.7 Å². The highest BCUT2D eigenvalue weighted by Crippen LogP contribution is 2.44. The lowest BCUT2D eigenvalue weighted by Crippen LogP contribution is -2.39. The molecule has 3 nitrogen and oxygen atoms in total. The van der Waals surface area contributed by atoms with Gasteiger partial charge in [-0.05, 0) is 50.3 Å². The van der Waals surface area contributed by atoms with Crippen LogP contribution in [0, 0.1) is 11.3 Å². The Bertz CT molecular complexity index is 998. The molecule has 3 rings (SSSR count). The van der Waals surface area contributed by atoms with Crippen LogP contribution in [0.25, 0.3) is 5.69 Å². The van der Waals surface area contributed by atoms with Crippen molar-refractivity contribution in [1.82, 2.24) is 4.57 Å². The number of alkyl halides is 6. The lowest BCUT2D eigenvalue weighted by Gasteiger charge is -2.27. The summed E-state index contributed by atoms with van der Waals surface area (Å²) < 4.78 is 80.7. The molecular formula is C19H15ClF6N2O. The fourth-order valence-corrected chi connectivity index (χ4v) is 3.91. The Kier molecular flexibility index (Phi) is 5.16. The monoisotopic (exact) mass is 436 g/mol. The van der Waals surface area contributed by atoms with Gasteiger partial charge in [0.05, 0.1) is 21.8 Å². The number of hydrogen-bond acceptors (Lipinski definition) is 2. The number of nitriles is 1. The van der Waals surface area contributed by atoms with Crippen molar-refractivity contribution in [3.05, 3.63) is 51.3 Å². The molecule has 1 N–H and O–H groups in total. The summed E-state index contributed by atoms with van der Waals surface area (Å²) in [5, 5.41) is 19.2. The molecule has 1 unspecified atom stereocenters. The summed E-state index contributed by atoms with van der Waals surface area (Å²) in [6.45, 7) is 0.626. The molecule has 1 heterocycles. The van der Waals surface area contributed by atoms with Crippen molar-refractivity contribution >= 4 is 11.6 Å². The van der Waals surface area contributed by atoms with E-state index < -0.39 is 34.1 Å². The van der Waals surface area contributed by atoms with E-state index in [1.54, 1.807) is 6.07 Å². The Hall–Kier alpha value is -2.18. The van der Waals surface area contributed by atoms with Gasteiger partial charge in [0.25, 0.3) is 0 Å². The Morgan fingerprint density at radius 1 is 1.10 bits per heavy atom. The number of aromatic nitrogens is 1. The van der Waals surface area contributed by atoms with Gasteiger partial charge in [-0.2, -0.15) is 31.6 Å². The van der Waals surface area contributed by atoms with E-state index in [0.717, 1.165) is 6.20 Å². The number of aliphatic hydroxyl groups is 1. The summed E-state index contributed by atoms with van der Waals surface area (Å²) in [5.41, 5.74) is -4.57. The van der Waals surface area contributed by atoms with Crippen molar-refractivity contribution in [2.75, 3.05) is 0 Å². The van der Waals surface area contributed by atoms with Crippen molar-refractivity contribution in [3.8, 4) is 11.8 Å². The van der Waals surface area contributed by atoms with Crippen LogP contribution in [0.3, 0.4) is 0 Å². The van der Waals surface area contributed by atoms with E-state index in [1.807, 2.05) is 0 Å². The molecule has 1 aliphatic carbocycles. The van der Waals surface area contributed by atoms with Crippen LogP contribution in [0.2, 0.25) is 5.02 Å². The van der Waals surface area contributed by atoms with E-state index in [2.05, 4.69) is 0 Å². The first-order chi connectivity index (χ1) is 13.3. The third-order valence-corrected chi connectivity index (χ3v) is 5.43. The number of fused-ring (bicyclic) bond motifs is 1. The summed E-state index contributed by atoms with van der Waals surface area (Å²) in [6.07, 6.45) is -6.83. The molecular weight excluding hydrogens is 422 g/mol. The minimum atomic E-state index is -4.97. The van der Waals surface area contributed by atoms with Gasteiger partial charge < -0.3 is 9.67 Å². The largest absolute Gasteiger partial charge is 0.421 e. The van der Waals surface area contributed by atoms with E-state index in [4.69, 9.17) is 11.6 Å². The highest BCUT2D eigenvalue weighted by Gasteiger charge is 2.53. The van der Waals surface area contributed by atoms with Gasteiger partial charge >= 0.3 is 12.4 Å². The molecule has 0 bridgehead atoms. The summed E-state index contributed by atoms with van der Waals surface area (Å²) in [4.78, 5) is 0. The number of halogens is 7. The van der Waals surface area contributed by atoms with Crippen molar-refractivity contribution < 1.29 is 31.4 Å². The predicted octanol–water partition coefficient (Wildman–Crippen LogP) is 5.67. The molecule has 1 aromatic carbocycles. The molecule has 0 fully saturated rings. The number of rotatable bonds is 2. The zero-order valence-electron chi connectivity index (χ0n) is 15.0. The standard InChI is InChI=1S/C19H15ClF6N2O/c1-17(29,19(24,25)26)13-9-28(15-5-3-2-4-12(13)15)16-10(8-27)6-11(7-14(16)20)18(21,22)23/h6-7,9,29H,2-5H2,1H3. The molecule has 0 saturated heterocycles. The molecule has 1 aromatic heterocycles. The van der Waals surface area contributed by atoms with Gasteiger partial charge in [-0.25, -0.2) is 0 Å². The molecule has 1 atom stereocenters. The van der Waals surface area contributed by atoms with Crippen molar-refractivity contribution in [3.63, 3.8) is 0 Å². The SMILES string of the molecule is CC(O)(c1cn(-c2c(Cl)cc(C(F)(F)F)cc2C#N)c2c1CCCC2)C(F)(F)F. The Morgan fingerprint density at radius 3 is 2.28 bits per heavy atom. The fraction of sp³-hybridized carbons (Fsp3) is 0.421. The van der Waals surface area contributed by atoms with Crippen molar-refractivity contribution in [2.45, 2.75) is 50.6 Å². The zero-order chi connectivity index (χ0) is 21.8. The molecule has 0 saturated carbocycles. The van der Waals surface area contributed by atoms with Crippen LogP contribution in [-0.2, 0) is 24.6 Å². The third-order valence-electron chi connectivity index (χ3n) is 5.14. The molecule has 29 heavy (non-hydrogen) atoms. The minimum Gasteiger partial charge on any atom is -0.376 e.